The molecule has 0 bridgehead atoms. The van der Waals surface area contributed by atoms with Crippen molar-refractivity contribution in [3.8, 4) is 0 Å². The Kier molecular flexibility index (Phi) is 18.6. The van der Waals surface area contributed by atoms with E-state index >= 15 is 0 Å². The summed E-state index contributed by atoms with van der Waals surface area (Å²) in [5.74, 6) is -2.61. The highest BCUT2D eigenvalue weighted by molar-refractivity contribution is 5.95. The van der Waals surface area contributed by atoms with Gasteiger partial charge in [0.05, 0.1) is 31.1 Å². The fraction of sp³-hybridized carbons (Fsp3) is 0.565. The lowest BCUT2D eigenvalue weighted by atomic mass is 9.91. The van der Waals surface area contributed by atoms with E-state index in [0.29, 0.717) is 35.1 Å². The number of carbonyl (C=O) groups excluding carboxylic acids is 4. The lowest BCUT2D eigenvalue weighted by molar-refractivity contribution is -0.190. The minimum Gasteiger partial charge on any atom is -0.499 e. The quantitative estimate of drug-likeness (QED) is 0.0533. The molecule has 324 valence electrons. The molecular formula is C46H64N2O11. The molecule has 0 aromatic heterocycles. The summed E-state index contributed by atoms with van der Waals surface area (Å²) < 4.78 is 30.1. The average Bonchev–Trinajstić information content (AvgIpc) is 3.58. The molecule has 4 N–H and O–H groups in total. The summed E-state index contributed by atoms with van der Waals surface area (Å²) in [7, 11) is 0. The van der Waals surface area contributed by atoms with Gasteiger partial charge in [-0.05, 0) is 87.6 Å². The van der Waals surface area contributed by atoms with E-state index < -0.39 is 53.6 Å². The largest absolute Gasteiger partial charge is 0.499 e. The van der Waals surface area contributed by atoms with Crippen LogP contribution in [-0.4, -0.2) is 89.5 Å². The third-order valence-electron chi connectivity index (χ3n) is 10.1. The highest BCUT2D eigenvalue weighted by atomic mass is 16.8. The summed E-state index contributed by atoms with van der Waals surface area (Å²) in [4.78, 5) is 52.7. The van der Waals surface area contributed by atoms with E-state index in [1.165, 1.54) is 6.26 Å². The minimum absolute atomic E-state index is 0.0383. The highest BCUT2D eigenvalue weighted by Gasteiger charge is 2.52. The lowest BCUT2D eigenvalue weighted by Crippen LogP contribution is -2.43. The molecule has 0 saturated carbocycles. The van der Waals surface area contributed by atoms with Crippen LogP contribution in [-0.2, 0) is 39.8 Å². The summed E-state index contributed by atoms with van der Waals surface area (Å²) in [5, 5.41) is 24.5. The smallest absolute Gasteiger partial charge is 0.338 e. The number of aliphatic hydroxyl groups is 2. The van der Waals surface area contributed by atoms with Crippen LogP contribution in [0.3, 0.4) is 0 Å². The Labute approximate surface area is 348 Å². The van der Waals surface area contributed by atoms with Crippen molar-refractivity contribution < 1.29 is 53.1 Å². The van der Waals surface area contributed by atoms with Crippen molar-refractivity contribution in [2.75, 3.05) is 19.8 Å². The number of hydrogen-bond acceptors (Lipinski definition) is 11. The number of nitrogens with one attached hydrogen (secondary N) is 2. The Bertz CT molecular complexity index is 1720. The maximum atomic E-state index is 13.8. The Morgan fingerprint density at radius 2 is 1.64 bits per heavy atom. The minimum atomic E-state index is -0.857. The van der Waals surface area contributed by atoms with Gasteiger partial charge in [-0.25, -0.2) is 4.79 Å². The number of fused-ring (bicyclic) bond motifs is 1. The fourth-order valence-corrected chi connectivity index (χ4v) is 7.06. The van der Waals surface area contributed by atoms with Crippen molar-refractivity contribution in [3.05, 3.63) is 88.7 Å². The molecule has 4 atom stereocenters. The molecule has 4 rings (SSSR count). The van der Waals surface area contributed by atoms with Crippen LogP contribution in [0.1, 0.15) is 137 Å². The highest BCUT2D eigenvalue weighted by Crippen LogP contribution is 2.43. The van der Waals surface area contributed by atoms with E-state index in [4.69, 9.17) is 28.8 Å². The van der Waals surface area contributed by atoms with Gasteiger partial charge in [0.1, 0.15) is 30.5 Å². The van der Waals surface area contributed by atoms with Gasteiger partial charge in [0, 0.05) is 43.4 Å². The number of carbonyl (C=O) groups is 4. The zero-order valence-corrected chi connectivity index (χ0v) is 35.3. The number of hydrogen-bond donors (Lipinski definition) is 4. The molecule has 13 nitrogen and oxygen atoms in total. The zero-order chi connectivity index (χ0) is 42.8. The second kappa shape index (κ2) is 23.3. The standard InChI is InChI=1S/C46H64N2O11/c1-6-8-10-22-46(23-11-9-7-2)57-39-29-36(28-38(41(39)59-46)56-44(54)34-17-15-32(16-18-34)21-25-55-26-24-49)42(52)47-30-33-13-12-14-35(27-33)43(53)48-37(31-50)19-20-40(51)58-45(3,4)5/h12-18,21,25,27,29,37-39,41,49-50H,6-11,19-20,22-24,26,28,30-31H2,1-5H3,(H,47,52)(H,48,53)/t37-,38+,39+,41-/m0/s1. The number of esters is 2. The van der Waals surface area contributed by atoms with Crippen LogP contribution in [0.25, 0.3) is 6.08 Å². The third kappa shape index (κ3) is 15.2. The average molecular weight is 821 g/mol. The van der Waals surface area contributed by atoms with Crippen molar-refractivity contribution in [2.45, 2.75) is 148 Å². The third-order valence-corrected chi connectivity index (χ3v) is 10.1. The molecule has 0 unspecified atom stereocenters. The van der Waals surface area contributed by atoms with E-state index in [-0.39, 0.29) is 51.5 Å². The Balaban J connectivity index is 1.47. The molecule has 0 spiro atoms. The van der Waals surface area contributed by atoms with Gasteiger partial charge in [0.25, 0.3) is 5.91 Å². The number of amides is 2. The first-order chi connectivity index (χ1) is 28.3. The van der Waals surface area contributed by atoms with Gasteiger partial charge in [-0.3, -0.25) is 14.4 Å². The molecule has 0 radical (unpaired) electrons. The number of ether oxygens (including phenoxy) is 5. The van der Waals surface area contributed by atoms with Crippen molar-refractivity contribution >= 4 is 29.8 Å². The number of rotatable bonds is 23. The summed E-state index contributed by atoms with van der Waals surface area (Å²) in [6, 6.07) is 13.0. The Morgan fingerprint density at radius 3 is 2.29 bits per heavy atom. The summed E-state index contributed by atoms with van der Waals surface area (Å²) in [6.45, 7) is 9.46. The maximum absolute atomic E-state index is 13.8. The second-order valence-electron chi connectivity index (χ2n) is 16.2. The van der Waals surface area contributed by atoms with Crippen LogP contribution < -0.4 is 10.6 Å². The topological polar surface area (TPSA) is 179 Å². The van der Waals surface area contributed by atoms with Crippen molar-refractivity contribution in [1.29, 1.82) is 0 Å². The van der Waals surface area contributed by atoms with Crippen LogP contribution >= 0.6 is 0 Å². The van der Waals surface area contributed by atoms with Gasteiger partial charge in [-0.2, -0.15) is 0 Å². The Hall–Kier alpha value is -4.56. The zero-order valence-electron chi connectivity index (χ0n) is 35.3. The molecule has 2 amide bonds. The van der Waals surface area contributed by atoms with E-state index in [1.807, 2.05) is 0 Å². The molecule has 59 heavy (non-hydrogen) atoms. The lowest BCUT2D eigenvalue weighted by Gasteiger charge is -2.31. The molecule has 2 aromatic carbocycles. The first kappa shape index (κ1) is 47.1. The van der Waals surface area contributed by atoms with Crippen molar-refractivity contribution in [2.24, 2.45) is 0 Å². The normalized spacial score (nSPS) is 19.0. The van der Waals surface area contributed by atoms with Crippen LogP contribution in [0.5, 0.6) is 0 Å². The molecule has 13 heteroatoms. The number of benzene rings is 2. The van der Waals surface area contributed by atoms with Gasteiger partial charge in [0.2, 0.25) is 5.91 Å². The van der Waals surface area contributed by atoms with E-state index in [2.05, 4.69) is 24.5 Å². The molecule has 1 heterocycles. The SMILES string of the molecule is CCCCCC1(CCCCC)O[C@@H]2[C@@H](C=C(C(=O)NCc3cccc(C(=O)N[C@H](CO)CCC(=O)OC(C)(C)C)c3)C[C@H]2OC(=O)c2ccc(C=COCCO)cc2)O1. The predicted octanol–water partition coefficient (Wildman–Crippen LogP) is 6.69. The first-order valence-corrected chi connectivity index (χ1v) is 21.1. The van der Waals surface area contributed by atoms with Crippen LogP contribution in [0, 0.1) is 0 Å². The molecule has 1 aliphatic carbocycles. The van der Waals surface area contributed by atoms with Gasteiger partial charge < -0.3 is 44.5 Å². The van der Waals surface area contributed by atoms with E-state index in [9.17, 15) is 24.3 Å². The maximum Gasteiger partial charge on any atom is 0.338 e. The van der Waals surface area contributed by atoms with Crippen molar-refractivity contribution in [3.63, 3.8) is 0 Å². The van der Waals surface area contributed by atoms with Crippen LogP contribution in [0.2, 0.25) is 0 Å². The van der Waals surface area contributed by atoms with Gasteiger partial charge in [-0.15, -0.1) is 0 Å². The fourth-order valence-electron chi connectivity index (χ4n) is 7.06. The van der Waals surface area contributed by atoms with Gasteiger partial charge >= 0.3 is 11.9 Å². The first-order valence-electron chi connectivity index (χ1n) is 21.1. The number of unbranched alkanes of at least 4 members (excludes halogenated alkanes) is 4. The molecule has 1 saturated heterocycles. The second-order valence-corrected chi connectivity index (χ2v) is 16.2. The predicted molar refractivity (Wildman–Crippen MR) is 223 cm³/mol. The van der Waals surface area contributed by atoms with Crippen LogP contribution in [0.4, 0.5) is 0 Å². The monoisotopic (exact) mass is 820 g/mol. The van der Waals surface area contributed by atoms with E-state index in [0.717, 1.165) is 44.1 Å². The molecule has 2 aliphatic rings. The molecule has 1 aliphatic heterocycles. The van der Waals surface area contributed by atoms with Gasteiger partial charge in [-0.1, -0.05) is 63.8 Å². The van der Waals surface area contributed by atoms with Gasteiger partial charge in [0.15, 0.2) is 5.79 Å². The van der Waals surface area contributed by atoms with E-state index in [1.54, 1.807) is 81.5 Å². The van der Waals surface area contributed by atoms with Crippen molar-refractivity contribution in [1.82, 2.24) is 10.6 Å². The summed E-state index contributed by atoms with van der Waals surface area (Å²) in [6.07, 6.45) is 10.7. The molecule has 2 aromatic rings. The van der Waals surface area contributed by atoms with Crippen LogP contribution in [0.15, 0.2) is 66.4 Å². The summed E-state index contributed by atoms with van der Waals surface area (Å²) >= 11 is 0. The number of aliphatic hydroxyl groups excluding tert-OH is 2. The Morgan fingerprint density at radius 1 is 0.932 bits per heavy atom. The molecule has 1 fully saturated rings. The summed E-state index contributed by atoms with van der Waals surface area (Å²) in [5.41, 5.74) is 1.90. The molecular weight excluding hydrogens is 757 g/mol.